The fourth-order valence-corrected chi connectivity index (χ4v) is 3.23. The van der Waals surface area contributed by atoms with Gasteiger partial charge in [0.25, 0.3) is 0 Å². The van der Waals surface area contributed by atoms with Gasteiger partial charge in [0.15, 0.2) is 11.6 Å². The molecule has 0 fully saturated rings. The summed E-state index contributed by atoms with van der Waals surface area (Å²) in [6.45, 7) is 10.5. The van der Waals surface area contributed by atoms with Crippen LogP contribution in [0.15, 0.2) is 24.4 Å². The summed E-state index contributed by atoms with van der Waals surface area (Å²) in [7, 11) is 0. The molecule has 0 aliphatic rings. The zero-order valence-electron chi connectivity index (χ0n) is 12.7. The minimum Gasteiger partial charge on any atom is -0.487 e. The second-order valence-electron chi connectivity index (χ2n) is 5.25. The van der Waals surface area contributed by atoms with E-state index in [2.05, 4.69) is 37.1 Å². The second kappa shape index (κ2) is 6.27. The number of aryl methyl sites for hydroxylation is 2. The van der Waals surface area contributed by atoms with Gasteiger partial charge in [0.1, 0.15) is 0 Å². The highest BCUT2D eigenvalue weighted by Crippen LogP contribution is 2.31. The molecule has 3 nitrogen and oxygen atoms in total. The number of anilines is 1. The number of ether oxygens (including phenoxy) is 1. The van der Waals surface area contributed by atoms with Gasteiger partial charge in [0.2, 0.25) is 0 Å². The third-order valence-electron chi connectivity index (χ3n) is 3.03. The van der Waals surface area contributed by atoms with Gasteiger partial charge in [-0.05, 0) is 58.4 Å². The van der Waals surface area contributed by atoms with Crippen molar-refractivity contribution in [2.45, 2.75) is 46.8 Å². The first-order chi connectivity index (χ1) is 9.47. The van der Waals surface area contributed by atoms with Crippen LogP contribution in [0.25, 0.3) is 0 Å². The molecule has 4 heteroatoms. The molecule has 2 aromatic rings. The maximum Gasteiger partial charge on any atom is 0.169 e. The van der Waals surface area contributed by atoms with Gasteiger partial charge in [0, 0.05) is 16.0 Å². The minimum atomic E-state index is 0.139. The first-order valence-corrected chi connectivity index (χ1v) is 7.74. The summed E-state index contributed by atoms with van der Waals surface area (Å²) in [6.07, 6.45) is 1.92. The van der Waals surface area contributed by atoms with Gasteiger partial charge in [-0.15, -0.1) is 11.3 Å². The summed E-state index contributed by atoms with van der Waals surface area (Å²) < 4.78 is 5.80. The van der Waals surface area contributed by atoms with Crippen LogP contribution in [0.3, 0.4) is 0 Å². The largest absolute Gasteiger partial charge is 0.487 e. The third-order valence-corrected chi connectivity index (χ3v) is 4.01. The summed E-state index contributed by atoms with van der Waals surface area (Å²) >= 11 is 1.83. The zero-order valence-corrected chi connectivity index (χ0v) is 13.5. The lowest BCUT2D eigenvalue weighted by Crippen LogP contribution is -2.12. The maximum absolute atomic E-state index is 5.80. The van der Waals surface area contributed by atoms with Crippen LogP contribution in [0.1, 0.15) is 42.1 Å². The Kier molecular flexibility index (Phi) is 4.65. The predicted molar refractivity (Wildman–Crippen MR) is 85.8 cm³/mol. The molecule has 0 aliphatic carbocycles. The van der Waals surface area contributed by atoms with E-state index in [4.69, 9.17) is 4.74 Å². The summed E-state index contributed by atoms with van der Waals surface area (Å²) in [5.74, 6) is 1.61. The van der Waals surface area contributed by atoms with E-state index < -0.39 is 0 Å². The topological polar surface area (TPSA) is 34.2 Å². The number of hydrogen-bond acceptors (Lipinski definition) is 4. The maximum atomic E-state index is 5.80. The van der Waals surface area contributed by atoms with Crippen molar-refractivity contribution in [3.05, 3.63) is 39.7 Å². The molecule has 2 heterocycles. The van der Waals surface area contributed by atoms with Crippen LogP contribution in [0, 0.1) is 13.8 Å². The number of pyridine rings is 1. The van der Waals surface area contributed by atoms with Crippen molar-refractivity contribution in [1.29, 1.82) is 0 Å². The Balaban J connectivity index is 2.19. The smallest absolute Gasteiger partial charge is 0.169 e. The van der Waals surface area contributed by atoms with Crippen molar-refractivity contribution in [3.8, 4) is 5.75 Å². The Labute approximate surface area is 125 Å². The molecule has 108 valence electrons. The van der Waals surface area contributed by atoms with Crippen molar-refractivity contribution < 1.29 is 4.74 Å². The van der Waals surface area contributed by atoms with Crippen LogP contribution in [-0.2, 0) is 0 Å². The van der Waals surface area contributed by atoms with Gasteiger partial charge >= 0.3 is 0 Å². The zero-order chi connectivity index (χ0) is 14.7. The highest BCUT2D eigenvalue weighted by atomic mass is 32.1. The predicted octanol–water partition coefficient (Wildman–Crippen LogP) is 4.72. The number of hydrogen-bond donors (Lipinski definition) is 1. The Morgan fingerprint density at radius 2 is 2.00 bits per heavy atom. The Hall–Kier alpha value is -1.55. The first kappa shape index (κ1) is 14.9. The fraction of sp³-hybridized carbons (Fsp3) is 0.438. The fourth-order valence-electron chi connectivity index (χ4n) is 2.21. The molecular weight excluding hydrogens is 268 g/mol. The van der Waals surface area contributed by atoms with Gasteiger partial charge in [-0.2, -0.15) is 0 Å². The molecule has 1 unspecified atom stereocenters. The number of nitrogens with zero attached hydrogens (tertiary/aromatic N) is 1. The van der Waals surface area contributed by atoms with E-state index in [0.29, 0.717) is 0 Å². The van der Waals surface area contributed by atoms with E-state index in [9.17, 15) is 0 Å². The molecule has 0 aromatic carbocycles. The summed E-state index contributed by atoms with van der Waals surface area (Å²) in [5.41, 5.74) is 1.33. The molecule has 2 aromatic heterocycles. The van der Waals surface area contributed by atoms with Crippen LogP contribution >= 0.6 is 11.3 Å². The van der Waals surface area contributed by atoms with Gasteiger partial charge in [-0.1, -0.05) is 0 Å². The van der Waals surface area contributed by atoms with Gasteiger partial charge < -0.3 is 10.1 Å². The number of rotatable bonds is 5. The molecule has 0 aliphatic heterocycles. The molecule has 1 N–H and O–H groups in total. The molecule has 0 saturated carbocycles. The lowest BCUT2D eigenvalue weighted by atomic mass is 10.1. The molecule has 0 amide bonds. The third kappa shape index (κ3) is 3.51. The standard InChI is InChI=1S/C16H22N2OS/c1-10(2)19-15-7-6-8-17-16(15)18-12(4)14-9-11(3)20-13(14)5/h6-10,12H,1-5H3,(H,17,18). The molecule has 2 rings (SSSR count). The average molecular weight is 290 g/mol. The Morgan fingerprint density at radius 3 is 2.60 bits per heavy atom. The van der Waals surface area contributed by atoms with E-state index in [0.717, 1.165) is 11.6 Å². The lowest BCUT2D eigenvalue weighted by Gasteiger charge is -2.18. The van der Waals surface area contributed by atoms with Crippen molar-refractivity contribution in [3.63, 3.8) is 0 Å². The average Bonchev–Trinajstić information content (AvgIpc) is 2.70. The highest BCUT2D eigenvalue weighted by Gasteiger charge is 2.14. The van der Waals surface area contributed by atoms with Crippen molar-refractivity contribution in [2.24, 2.45) is 0 Å². The molecule has 0 bridgehead atoms. The highest BCUT2D eigenvalue weighted by molar-refractivity contribution is 7.12. The van der Waals surface area contributed by atoms with Crippen LogP contribution < -0.4 is 10.1 Å². The molecule has 20 heavy (non-hydrogen) atoms. The summed E-state index contributed by atoms with van der Waals surface area (Å²) in [4.78, 5) is 7.09. The molecule has 1 atom stereocenters. The Morgan fingerprint density at radius 1 is 1.25 bits per heavy atom. The lowest BCUT2D eigenvalue weighted by molar-refractivity contribution is 0.242. The van der Waals surface area contributed by atoms with Crippen LogP contribution in [-0.4, -0.2) is 11.1 Å². The van der Waals surface area contributed by atoms with E-state index in [1.54, 1.807) is 6.20 Å². The van der Waals surface area contributed by atoms with E-state index in [1.165, 1.54) is 15.3 Å². The minimum absolute atomic E-state index is 0.139. The summed E-state index contributed by atoms with van der Waals surface area (Å²) in [6, 6.07) is 6.30. The van der Waals surface area contributed by atoms with E-state index >= 15 is 0 Å². The normalized spacial score (nSPS) is 12.5. The van der Waals surface area contributed by atoms with Crippen molar-refractivity contribution in [1.82, 2.24) is 4.98 Å². The SMILES string of the molecule is Cc1cc(C(C)Nc2ncccc2OC(C)C)c(C)s1. The quantitative estimate of drug-likeness (QED) is 0.865. The second-order valence-corrected chi connectivity index (χ2v) is 6.71. The molecule has 0 spiro atoms. The first-order valence-electron chi connectivity index (χ1n) is 6.92. The van der Waals surface area contributed by atoms with Gasteiger partial charge in [-0.3, -0.25) is 0 Å². The monoisotopic (exact) mass is 290 g/mol. The van der Waals surface area contributed by atoms with Gasteiger partial charge in [0.05, 0.1) is 12.1 Å². The van der Waals surface area contributed by atoms with E-state index in [1.807, 2.05) is 37.3 Å². The van der Waals surface area contributed by atoms with Crippen molar-refractivity contribution in [2.75, 3.05) is 5.32 Å². The number of nitrogens with one attached hydrogen (secondary N) is 1. The molecular formula is C16H22N2OS. The molecule has 0 saturated heterocycles. The Bertz CT molecular complexity index is 578. The van der Waals surface area contributed by atoms with Gasteiger partial charge in [-0.25, -0.2) is 4.98 Å². The van der Waals surface area contributed by atoms with Crippen LogP contribution in [0.4, 0.5) is 5.82 Å². The van der Waals surface area contributed by atoms with Crippen molar-refractivity contribution >= 4 is 17.2 Å². The van der Waals surface area contributed by atoms with Crippen LogP contribution in [0.2, 0.25) is 0 Å². The number of aromatic nitrogens is 1. The molecule has 0 radical (unpaired) electrons. The summed E-state index contributed by atoms with van der Waals surface area (Å²) in [5, 5.41) is 3.46. The van der Waals surface area contributed by atoms with Crippen LogP contribution in [0.5, 0.6) is 5.75 Å². The van der Waals surface area contributed by atoms with E-state index in [-0.39, 0.29) is 12.1 Å². The number of thiophene rings is 1.